The first-order chi connectivity index (χ1) is 9.10. The minimum atomic E-state index is -0.595. The Balaban J connectivity index is 1.95. The molecule has 0 spiro atoms. The van der Waals surface area contributed by atoms with Gasteiger partial charge in [-0.25, -0.2) is 9.78 Å². The third-order valence-electron chi connectivity index (χ3n) is 2.25. The van der Waals surface area contributed by atoms with Gasteiger partial charge < -0.3 is 9.15 Å². The number of aromatic nitrogens is 3. The molecular formula is C11H13N3O3S2. The molecule has 0 amide bonds. The minimum absolute atomic E-state index is 0.115. The number of rotatable bonds is 5. The van der Waals surface area contributed by atoms with Crippen molar-refractivity contribution in [1.82, 2.24) is 15.2 Å². The molecule has 2 aromatic rings. The van der Waals surface area contributed by atoms with Gasteiger partial charge in [0.2, 0.25) is 0 Å². The number of carbonyl (C=O) groups excluding carboxylic acids is 1. The number of hydrogen-bond acceptors (Lipinski definition) is 8. The molecule has 6 nitrogen and oxygen atoms in total. The molecule has 0 unspecified atom stereocenters. The van der Waals surface area contributed by atoms with Gasteiger partial charge in [0.1, 0.15) is 5.01 Å². The van der Waals surface area contributed by atoms with Crippen molar-refractivity contribution in [1.29, 1.82) is 0 Å². The van der Waals surface area contributed by atoms with Crippen molar-refractivity contribution in [3.05, 3.63) is 21.5 Å². The normalized spacial score (nSPS) is 10.7. The average Bonchev–Trinajstić information content (AvgIpc) is 2.95. The van der Waals surface area contributed by atoms with Crippen LogP contribution in [-0.4, -0.2) is 27.8 Å². The second-order valence-corrected chi connectivity index (χ2v) is 5.85. The number of thiazole rings is 1. The van der Waals surface area contributed by atoms with Crippen molar-refractivity contribution >= 4 is 29.1 Å². The second-order valence-electron chi connectivity index (χ2n) is 3.63. The van der Waals surface area contributed by atoms with Gasteiger partial charge >= 0.3 is 11.9 Å². The fourth-order valence-corrected chi connectivity index (χ4v) is 2.96. The molecule has 8 heteroatoms. The van der Waals surface area contributed by atoms with E-state index in [1.54, 1.807) is 18.3 Å². The van der Waals surface area contributed by atoms with E-state index in [1.165, 1.54) is 16.6 Å². The van der Waals surface area contributed by atoms with Crippen LogP contribution in [0, 0.1) is 13.8 Å². The maximum Gasteiger partial charge on any atom is 0.396 e. The summed E-state index contributed by atoms with van der Waals surface area (Å²) < 4.78 is 9.97. The van der Waals surface area contributed by atoms with E-state index in [0.717, 1.165) is 10.7 Å². The number of hydrogen-bond donors (Lipinski definition) is 0. The van der Waals surface area contributed by atoms with E-state index >= 15 is 0 Å². The van der Waals surface area contributed by atoms with Gasteiger partial charge in [-0.15, -0.1) is 16.4 Å². The summed E-state index contributed by atoms with van der Waals surface area (Å²) in [5, 5.41) is 8.76. The molecule has 0 N–H and O–H groups in total. The summed E-state index contributed by atoms with van der Waals surface area (Å²) in [4.78, 5) is 17.0. The molecule has 19 heavy (non-hydrogen) atoms. The molecular weight excluding hydrogens is 286 g/mol. The Morgan fingerprint density at radius 2 is 2.21 bits per heavy atom. The Morgan fingerprint density at radius 1 is 1.42 bits per heavy atom. The number of aryl methyl sites for hydroxylation is 2. The lowest BCUT2D eigenvalue weighted by Gasteiger charge is -1.94. The van der Waals surface area contributed by atoms with E-state index in [4.69, 9.17) is 9.15 Å². The van der Waals surface area contributed by atoms with Gasteiger partial charge in [-0.1, -0.05) is 16.9 Å². The Labute approximate surface area is 118 Å². The second kappa shape index (κ2) is 6.16. The SMILES string of the molecule is CCOC(=O)c1nnc(SCc2nc(C)c(C)s2)o1. The summed E-state index contributed by atoms with van der Waals surface area (Å²) in [6, 6.07) is 0. The van der Waals surface area contributed by atoms with E-state index in [-0.39, 0.29) is 12.5 Å². The molecule has 0 fully saturated rings. The van der Waals surface area contributed by atoms with Gasteiger partial charge in [0.25, 0.3) is 5.22 Å². The van der Waals surface area contributed by atoms with Gasteiger partial charge in [0.05, 0.1) is 18.1 Å². The predicted octanol–water partition coefficient (Wildman–Crippen LogP) is 2.61. The van der Waals surface area contributed by atoms with Crippen molar-refractivity contribution < 1.29 is 13.9 Å². The zero-order valence-corrected chi connectivity index (χ0v) is 12.4. The highest BCUT2D eigenvalue weighted by atomic mass is 32.2. The van der Waals surface area contributed by atoms with E-state index in [0.29, 0.717) is 11.0 Å². The van der Waals surface area contributed by atoms with Crippen molar-refractivity contribution in [2.24, 2.45) is 0 Å². The molecule has 2 aromatic heterocycles. The highest BCUT2D eigenvalue weighted by Crippen LogP contribution is 2.25. The quantitative estimate of drug-likeness (QED) is 0.620. The summed E-state index contributed by atoms with van der Waals surface area (Å²) in [6.07, 6.45) is 0. The van der Waals surface area contributed by atoms with Crippen LogP contribution in [0.2, 0.25) is 0 Å². The Morgan fingerprint density at radius 3 is 2.84 bits per heavy atom. The van der Waals surface area contributed by atoms with Crippen molar-refractivity contribution in [3.8, 4) is 0 Å². The number of nitrogens with zero attached hydrogens (tertiary/aromatic N) is 3. The number of thioether (sulfide) groups is 1. The molecule has 0 bridgehead atoms. The molecule has 0 saturated heterocycles. The van der Waals surface area contributed by atoms with Crippen molar-refractivity contribution in [3.63, 3.8) is 0 Å². The van der Waals surface area contributed by atoms with E-state index in [1.807, 2.05) is 13.8 Å². The topological polar surface area (TPSA) is 78.1 Å². The summed E-state index contributed by atoms with van der Waals surface area (Å²) in [7, 11) is 0. The fourth-order valence-electron chi connectivity index (χ4n) is 1.27. The predicted molar refractivity (Wildman–Crippen MR) is 71.4 cm³/mol. The first-order valence-corrected chi connectivity index (χ1v) is 7.46. The summed E-state index contributed by atoms with van der Waals surface area (Å²) in [5.41, 5.74) is 1.04. The molecule has 2 heterocycles. The van der Waals surface area contributed by atoms with Crippen LogP contribution >= 0.6 is 23.1 Å². The molecule has 0 saturated carbocycles. The van der Waals surface area contributed by atoms with E-state index in [2.05, 4.69) is 15.2 Å². The highest BCUT2D eigenvalue weighted by molar-refractivity contribution is 7.98. The zero-order valence-electron chi connectivity index (χ0n) is 10.8. The Hall–Kier alpha value is -1.41. The monoisotopic (exact) mass is 299 g/mol. The van der Waals surface area contributed by atoms with Crippen LogP contribution in [0.4, 0.5) is 0 Å². The van der Waals surface area contributed by atoms with E-state index in [9.17, 15) is 4.79 Å². The van der Waals surface area contributed by atoms with Gasteiger partial charge in [-0.2, -0.15) is 0 Å². The molecule has 2 rings (SSSR count). The Bertz CT molecular complexity index is 560. The summed E-state index contributed by atoms with van der Waals surface area (Å²) in [5.74, 6) is -0.0669. The number of esters is 1. The largest absolute Gasteiger partial charge is 0.459 e. The molecule has 102 valence electrons. The lowest BCUT2D eigenvalue weighted by Crippen LogP contribution is -2.04. The van der Waals surface area contributed by atoms with Crippen LogP contribution < -0.4 is 0 Å². The molecule has 0 aliphatic heterocycles. The van der Waals surface area contributed by atoms with Crippen LogP contribution in [-0.2, 0) is 10.5 Å². The van der Waals surface area contributed by atoms with Crippen molar-refractivity contribution in [2.75, 3.05) is 6.61 Å². The van der Waals surface area contributed by atoms with Crippen LogP contribution in [0.3, 0.4) is 0 Å². The Kier molecular flexibility index (Phi) is 4.54. The van der Waals surface area contributed by atoms with Gasteiger partial charge in [0, 0.05) is 4.88 Å². The first-order valence-electron chi connectivity index (χ1n) is 5.66. The van der Waals surface area contributed by atoms with Crippen molar-refractivity contribution in [2.45, 2.75) is 31.7 Å². The lowest BCUT2D eigenvalue weighted by molar-refractivity contribution is 0.0475. The molecule has 0 aliphatic rings. The standard InChI is InChI=1S/C11H13N3O3S2/c1-4-16-10(15)9-13-14-11(17-9)18-5-8-12-6(2)7(3)19-8/h4-5H2,1-3H3. The van der Waals surface area contributed by atoms with Crippen LogP contribution in [0.25, 0.3) is 0 Å². The summed E-state index contributed by atoms with van der Waals surface area (Å²) in [6.45, 7) is 6.01. The third-order valence-corrected chi connectivity index (χ3v) is 4.33. The van der Waals surface area contributed by atoms with Gasteiger partial charge in [-0.05, 0) is 20.8 Å². The lowest BCUT2D eigenvalue weighted by atomic mass is 10.4. The smallest absolute Gasteiger partial charge is 0.396 e. The van der Waals surface area contributed by atoms with Crippen LogP contribution in [0.1, 0.15) is 33.2 Å². The zero-order chi connectivity index (χ0) is 13.8. The fraction of sp³-hybridized carbons (Fsp3) is 0.455. The van der Waals surface area contributed by atoms with Crippen LogP contribution in [0.5, 0.6) is 0 Å². The molecule has 0 atom stereocenters. The van der Waals surface area contributed by atoms with Crippen LogP contribution in [0.15, 0.2) is 9.64 Å². The maximum absolute atomic E-state index is 11.3. The number of ether oxygens (including phenoxy) is 1. The highest BCUT2D eigenvalue weighted by Gasteiger charge is 2.16. The minimum Gasteiger partial charge on any atom is -0.459 e. The van der Waals surface area contributed by atoms with Gasteiger partial charge in [0.15, 0.2) is 0 Å². The first kappa shape index (κ1) is 14.0. The molecule has 0 aliphatic carbocycles. The van der Waals surface area contributed by atoms with Gasteiger partial charge in [-0.3, -0.25) is 0 Å². The molecule has 0 radical (unpaired) electrons. The molecule has 0 aromatic carbocycles. The average molecular weight is 299 g/mol. The summed E-state index contributed by atoms with van der Waals surface area (Å²) >= 11 is 2.99. The maximum atomic E-state index is 11.3. The third kappa shape index (κ3) is 3.54. The van der Waals surface area contributed by atoms with E-state index < -0.39 is 5.97 Å². The number of carbonyl (C=O) groups is 1.